The van der Waals surface area contributed by atoms with Gasteiger partial charge in [-0.1, -0.05) is 24.3 Å². The van der Waals surface area contributed by atoms with Gasteiger partial charge in [0.25, 0.3) is 0 Å². The molecule has 0 aliphatic carbocycles. The highest BCUT2D eigenvalue weighted by Crippen LogP contribution is 2.37. The first-order valence-corrected chi connectivity index (χ1v) is 7.75. The van der Waals surface area contributed by atoms with E-state index >= 15 is 0 Å². The molecule has 0 spiro atoms. The van der Waals surface area contributed by atoms with Crippen LogP contribution in [0.4, 0.5) is 5.82 Å². The van der Waals surface area contributed by atoms with Crippen molar-refractivity contribution in [2.75, 3.05) is 18.2 Å². The molecule has 0 bridgehead atoms. The Hall–Kier alpha value is -2.82. The SMILES string of the molecule is c1ccc2c(N3CCc4cc5c(cc4C3)OCO5)nncc2c1. The van der Waals surface area contributed by atoms with Crippen LogP contribution in [0.3, 0.4) is 0 Å². The van der Waals surface area contributed by atoms with E-state index in [-0.39, 0.29) is 0 Å². The summed E-state index contributed by atoms with van der Waals surface area (Å²) >= 11 is 0. The number of fused-ring (bicyclic) bond motifs is 3. The average molecular weight is 305 g/mol. The predicted octanol–water partition coefficient (Wildman–Crippen LogP) is 2.92. The zero-order valence-electron chi connectivity index (χ0n) is 12.5. The third-order valence-corrected chi connectivity index (χ3v) is 4.56. The molecular weight excluding hydrogens is 290 g/mol. The fourth-order valence-corrected chi connectivity index (χ4v) is 3.37. The van der Waals surface area contributed by atoms with E-state index in [0.717, 1.165) is 47.6 Å². The van der Waals surface area contributed by atoms with Gasteiger partial charge in [-0.3, -0.25) is 0 Å². The maximum Gasteiger partial charge on any atom is 0.231 e. The Bertz CT molecular complexity index is 905. The molecule has 0 saturated heterocycles. The first-order chi connectivity index (χ1) is 11.4. The van der Waals surface area contributed by atoms with Crippen LogP contribution in [0.1, 0.15) is 11.1 Å². The lowest BCUT2D eigenvalue weighted by atomic mass is 9.98. The first kappa shape index (κ1) is 12.7. The first-order valence-electron chi connectivity index (χ1n) is 7.75. The molecular formula is C18H15N3O2. The van der Waals surface area contributed by atoms with Gasteiger partial charge in [0.2, 0.25) is 6.79 Å². The summed E-state index contributed by atoms with van der Waals surface area (Å²) in [4.78, 5) is 2.29. The van der Waals surface area contributed by atoms with Gasteiger partial charge in [0.15, 0.2) is 17.3 Å². The summed E-state index contributed by atoms with van der Waals surface area (Å²) in [5.74, 6) is 2.66. The molecule has 3 aromatic rings. The van der Waals surface area contributed by atoms with E-state index in [1.165, 1.54) is 11.1 Å². The second kappa shape index (κ2) is 4.84. The van der Waals surface area contributed by atoms with Gasteiger partial charge in [0.05, 0.1) is 6.20 Å². The fourth-order valence-electron chi connectivity index (χ4n) is 3.37. The number of ether oxygens (including phenoxy) is 2. The molecule has 5 rings (SSSR count). The van der Waals surface area contributed by atoms with Crippen molar-refractivity contribution in [1.29, 1.82) is 0 Å². The zero-order chi connectivity index (χ0) is 15.2. The van der Waals surface area contributed by atoms with Crippen molar-refractivity contribution in [1.82, 2.24) is 10.2 Å². The van der Waals surface area contributed by atoms with Crippen LogP contribution < -0.4 is 14.4 Å². The number of aromatic nitrogens is 2. The van der Waals surface area contributed by atoms with Crippen molar-refractivity contribution < 1.29 is 9.47 Å². The zero-order valence-corrected chi connectivity index (χ0v) is 12.5. The largest absolute Gasteiger partial charge is 0.454 e. The minimum absolute atomic E-state index is 0.316. The van der Waals surface area contributed by atoms with Gasteiger partial charge in [0.1, 0.15) is 0 Å². The molecule has 3 heterocycles. The maximum atomic E-state index is 5.51. The van der Waals surface area contributed by atoms with Crippen molar-refractivity contribution in [3.8, 4) is 11.5 Å². The molecule has 23 heavy (non-hydrogen) atoms. The van der Waals surface area contributed by atoms with Crippen molar-refractivity contribution in [2.24, 2.45) is 0 Å². The van der Waals surface area contributed by atoms with Gasteiger partial charge >= 0.3 is 0 Å². The molecule has 0 radical (unpaired) electrons. The monoisotopic (exact) mass is 305 g/mol. The molecule has 2 aromatic carbocycles. The summed E-state index contributed by atoms with van der Waals surface area (Å²) < 4.78 is 11.0. The van der Waals surface area contributed by atoms with Gasteiger partial charge in [-0.2, -0.15) is 5.10 Å². The number of rotatable bonds is 1. The molecule has 5 nitrogen and oxygen atoms in total. The highest BCUT2D eigenvalue weighted by molar-refractivity contribution is 5.91. The lowest BCUT2D eigenvalue weighted by molar-refractivity contribution is 0.174. The van der Waals surface area contributed by atoms with Crippen molar-refractivity contribution in [3.63, 3.8) is 0 Å². The Labute approximate surface area is 133 Å². The lowest BCUT2D eigenvalue weighted by Gasteiger charge is -2.30. The summed E-state index contributed by atoms with van der Waals surface area (Å²) in [6.45, 7) is 2.06. The number of anilines is 1. The Kier molecular flexibility index (Phi) is 2.67. The molecule has 0 N–H and O–H groups in total. The number of benzene rings is 2. The molecule has 0 unspecified atom stereocenters. The van der Waals surface area contributed by atoms with Crippen LogP contribution in [-0.4, -0.2) is 23.5 Å². The maximum absolute atomic E-state index is 5.51. The van der Waals surface area contributed by atoms with Crippen LogP contribution in [0.15, 0.2) is 42.6 Å². The molecule has 0 fully saturated rings. The van der Waals surface area contributed by atoms with Gasteiger partial charge in [-0.15, -0.1) is 5.10 Å². The van der Waals surface area contributed by atoms with Crippen LogP contribution in [0, 0.1) is 0 Å². The van der Waals surface area contributed by atoms with E-state index < -0.39 is 0 Å². The van der Waals surface area contributed by atoms with Crippen molar-refractivity contribution in [3.05, 3.63) is 53.7 Å². The number of hydrogen-bond acceptors (Lipinski definition) is 5. The second-order valence-corrected chi connectivity index (χ2v) is 5.90. The van der Waals surface area contributed by atoms with Crippen molar-refractivity contribution >= 4 is 16.6 Å². The van der Waals surface area contributed by atoms with E-state index in [9.17, 15) is 0 Å². The highest BCUT2D eigenvalue weighted by atomic mass is 16.7. The molecule has 0 saturated carbocycles. The van der Waals surface area contributed by atoms with Crippen LogP contribution >= 0.6 is 0 Å². The molecule has 0 atom stereocenters. The Balaban J connectivity index is 1.56. The van der Waals surface area contributed by atoms with E-state index in [1.807, 2.05) is 18.3 Å². The molecule has 0 amide bonds. The summed E-state index contributed by atoms with van der Waals surface area (Å²) in [5.41, 5.74) is 2.61. The van der Waals surface area contributed by atoms with E-state index in [2.05, 4.69) is 39.4 Å². The quantitative estimate of drug-likeness (QED) is 0.692. The van der Waals surface area contributed by atoms with Crippen LogP contribution in [0.25, 0.3) is 10.8 Å². The minimum Gasteiger partial charge on any atom is -0.454 e. The normalized spacial score (nSPS) is 15.7. The van der Waals surface area contributed by atoms with Gasteiger partial charge in [-0.05, 0) is 29.7 Å². The summed E-state index contributed by atoms with van der Waals surface area (Å²) in [6, 6.07) is 12.5. The number of nitrogens with zero attached hydrogens (tertiary/aromatic N) is 3. The van der Waals surface area contributed by atoms with Crippen LogP contribution in [0.5, 0.6) is 11.5 Å². The van der Waals surface area contributed by atoms with Crippen molar-refractivity contribution in [2.45, 2.75) is 13.0 Å². The Morgan fingerprint density at radius 3 is 2.74 bits per heavy atom. The van der Waals surface area contributed by atoms with E-state index in [4.69, 9.17) is 9.47 Å². The van der Waals surface area contributed by atoms with E-state index in [1.54, 1.807) is 0 Å². The molecule has 114 valence electrons. The summed E-state index contributed by atoms with van der Waals surface area (Å²) in [6.07, 6.45) is 2.78. The van der Waals surface area contributed by atoms with Gasteiger partial charge in [-0.25, -0.2) is 0 Å². The van der Waals surface area contributed by atoms with Crippen LogP contribution in [-0.2, 0) is 13.0 Å². The average Bonchev–Trinajstić information content (AvgIpc) is 3.06. The van der Waals surface area contributed by atoms with Gasteiger partial charge < -0.3 is 14.4 Å². The van der Waals surface area contributed by atoms with Crippen LogP contribution in [0.2, 0.25) is 0 Å². The Morgan fingerprint density at radius 2 is 1.83 bits per heavy atom. The molecule has 2 aliphatic heterocycles. The summed E-state index contributed by atoms with van der Waals surface area (Å²) in [5, 5.41) is 10.8. The minimum atomic E-state index is 0.316. The highest BCUT2D eigenvalue weighted by Gasteiger charge is 2.23. The Morgan fingerprint density at radius 1 is 1.00 bits per heavy atom. The standard InChI is InChI=1S/C18H15N3O2/c1-2-4-15-13(3-1)9-19-20-18(15)21-6-5-12-7-16-17(23-11-22-16)8-14(12)10-21/h1-4,7-9H,5-6,10-11H2. The molecule has 1 aromatic heterocycles. The van der Waals surface area contributed by atoms with Gasteiger partial charge in [0, 0.05) is 23.9 Å². The predicted molar refractivity (Wildman–Crippen MR) is 86.9 cm³/mol. The number of hydrogen-bond donors (Lipinski definition) is 0. The van der Waals surface area contributed by atoms with E-state index in [0.29, 0.717) is 6.79 Å². The lowest BCUT2D eigenvalue weighted by Crippen LogP contribution is -2.31. The molecule has 2 aliphatic rings. The second-order valence-electron chi connectivity index (χ2n) is 5.90. The molecule has 5 heteroatoms. The smallest absolute Gasteiger partial charge is 0.231 e. The summed E-state index contributed by atoms with van der Waals surface area (Å²) in [7, 11) is 0. The third-order valence-electron chi connectivity index (χ3n) is 4.56. The fraction of sp³-hybridized carbons (Fsp3) is 0.222. The topological polar surface area (TPSA) is 47.5 Å². The third kappa shape index (κ3) is 2.00.